The van der Waals surface area contributed by atoms with E-state index in [9.17, 15) is 28.8 Å². The Hall–Kier alpha value is -4.18. The van der Waals surface area contributed by atoms with E-state index in [4.69, 9.17) is 66.6 Å². The number of ether oxygens (including phenoxy) is 4. The maximum absolute atomic E-state index is 11.0. The first-order chi connectivity index (χ1) is 21.6. The summed E-state index contributed by atoms with van der Waals surface area (Å²) >= 11 is 4.75. The number of aliphatic hydroxyl groups is 6. The number of alkyl carbamates (subject to hydrolysis) is 2. The van der Waals surface area contributed by atoms with Crippen molar-refractivity contribution in [2.24, 2.45) is 11.5 Å². The molecular formula is C23H50Cl2N6O19. The van der Waals surface area contributed by atoms with Crippen molar-refractivity contribution in [3.05, 3.63) is 0 Å². The lowest BCUT2D eigenvalue weighted by atomic mass is 10.2. The van der Waals surface area contributed by atoms with Crippen LogP contribution < -0.4 is 33.1 Å². The third kappa shape index (κ3) is 56.2. The average Bonchev–Trinajstić information content (AvgIpc) is 2.95. The molecule has 0 bridgehead atoms. The van der Waals surface area contributed by atoms with Gasteiger partial charge in [-0.25, -0.2) is 24.0 Å². The van der Waals surface area contributed by atoms with Crippen LogP contribution in [-0.4, -0.2) is 141 Å². The summed E-state index contributed by atoms with van der Waals surface area (Å²) < 4.78 is 17.6. The highest BCUT2D eigenvalue weighted by molar-refractivity contribution is 6.19. The number of nitrogens with two attached hydrogens (primary N) is 2. The van der Waals surface area contributed by atoms with E-state index in [2.05, 4.69) is 20.9 Å². The predicted molar refractivity (Wildman–Crippen MR) is 171 cm³/mol. The van der Waals surface area contributed by atoms with Gasteiger partial charge >= 0.3 is 30.1 Å². The number of aliphatic carboxylic acids is 1. The number of rotatable bonds is 8. The van der Waals surface area contributed by atoms with Gasteiger partial charge in [-0.05, 0) is 53.3 Å². The number of hydrogen-bond donors (Lipinski definition) is 13. The van der Waals surface area contributed by atoms with Crippen molar-refractivity contribution in [3.63, 3.8) is 0 Å². The lowest BCUT2D eigenvalue weighted by molar-refractivity contribution is -0.169. The van der Waals surface area contributed by atoms with Gasteiger partial charge in [0.1, 0.15) is 11.2 Å². The van der Waals surface area contributed by atoms with E-state index in [0.29, 0.717) is 0 Å². The number of carboxylic acid groups (broad SMARTS) is 1. The van der Waals surface area contributed by atoms with E-state index >= 15 is 0 Å². The van der Waals surface area contributed by atoms with Gasteiger partial charge in [0.2, 0.25) is 18.7 Å². The lowest BCUT2D eigenvalue weighted by Crippen LogP contribution is -2.46. The Morgan fingerprint density at radius 2 is 0.960 bits per heavy atom. The number of methoxy groups -OCH3 is 2. The standard InChI is InChI=1S/C8H15NO5.C7H14N2O4.C3H6O4.C2H5ClN2O2.C2H2O3.CH4O.ClH.H3N/c1-8(2,3)14-7(12)9-5(10)6(11)13-4;1-7(2,3)13-6(12)9-5(11)4(8)10;1-7-3(6)2(4)5;3-5-2(7)1(4)6;3-1-2(4)5;1-2;;/h5,10H,1-4H3,(H,9,12);5,11H,1-3H3,(H2,8,10)(H,9,12);2,4-5H,1H3;2,5,7H,(H2,4,6);1H,(H,4,5);2H,1H3;1H;1H3. The molecule has 0 saturated heterocycles. The van der Waals surface area contributed by atoms with Crippen molar-refractivity contribution in [3.8, 4) is 0 Å². The second-order valence-corrected chi connectivity index (χ2v) is 9.51. The number of aldehydes is 1. The third-order valence-electron chi connectivity index (χ3n) is 2.89. The summed E-state index contributed by atoms with van der Waals surface area (Å²) in [5.41, 5.74) is 7.84. The fourth-order valence-corrected chi connectivity index (χ4v) is 1.35. The van der Waals surface area contributed by atoms with Crippen LogP contribution in [0.4, 0.5) is 9.59 Å². The second kappa shape index (κ2) is 36.1. The normalized spacial score (nSPS) is 11.0. The molecule has 27 heteroatoms. The monoisotopic (exact) mass is 784 g/mol. The second-order valence-electron chi connectivity index (χ2n) is 9.29. The summed E-state index contributed by atoms with van der Waals surface area (Å²) in [7, 11) is 3.17. The Kier molecular flexibility index (Phi) is 46.5. The highest BCUT2D eigenvalue weighted by Gasteiger charge is 2.22. The van der Waals surface area contributed by atoms with E-state index in [1.165, 1.54) is 0 Å². The molecule has 0 fully saturated rings. The van der Waals surface area contributed by atoms with Crippen LogP contribution in [-0.2, 0) is 47.7 Å². The molecule has 0 spiro atoms. The molecule has 0 rings (SSSR count). The Balaban J connectivity index is -0.0000000752. The smallest absolute Gasteiger partial charge is 0.410 e. The van der Waals surface area contributed by atoms with Gasteiger partial charge in [-0.3, -0.25) is 25.0 Å². The minimum absolute atomic E-state index is 0. The molecule has 0 heterocycles. The van der Waals surface area contributed by atoms with Gasteiger partial charge in [-0.15, -0.1) is 12.4 Å². The van der Waals surface area contributed by atoms with E-state index < -0.39 is 78.1 Å². The average molecular weight is 786 g/mol. The minimum atomic E-state index is -2.00. The Bertz CT molecular complexity index is 979. The van der Waals surface area contributed by atoms with Crippen molar-refractivity contribution in [1.82, 2.24) is 21.6 Å². The summed E-state index contributed by atoms with van der Waals surface area (Å²) in [5.74, 6) is -5.35. The molecule has 4 amide bonds. The summed E-state index contributed by atoms with van der Waals surface area (Å²) in [6.45, 7) is 9.96. The minimum Gasteiger partial charge on any atom is -0.476 e. The van der Waals surface area contributed by atoms with Crippen LogP contribution in [0.2, 0.25) is 0 Å². The molecule has 0 aliphatic rings. The summed E-state index contributed by atoms with van der Waals surface area (Å²) in [6.07, 6.45) is -8.79. The van der Waals surface area contributed by atoms with Crippen LogP contribution in [0.25, 0.3) is 0 Å². The van der Waals surface area contributed by atoms with Crippen LogP contribution in [0.1, 0.15) is 41.5 Å². The molecule has 3 unspecified atom stereocenters. The number of esters is 2. The maximum atomic E-state index is 11.0. The third-order valence-corrected chi connectivity index (χ3v) is 3.09. The highest BCUT2D eigenvalue weighted by Crippen LogP contribution is 2.07. The predicted octanol–water partition coefficient (Wildman–Crippen LogP) is -4.22. The van der Waals surface area contributed by atoms with Gasteiger partial charge < -0.3 is 72.3 Å². The van der Waals surface area contributed by atoms with E-state index in [1.807, 2.05) is 10.6 Å². The number of carbonyl (C=O) groups excluding carboxylic acids is 7. The zero-order valence-corrected chi connectivity index (χ0v) is 30.1. The lowest BCUT2D eigenvalue weighted by Gasteiger charge is -2.20. The Morgan fingerprint density at radius 1 is 0.680 bits per heavy atom. The molecule has 0 aliphatic heterocycles. The van der Waals surface area contributed by atoms with E-state index in [0.717, 1.165) is 21.3 Å². The molecular weight excluding hydrogens is 735 g/mol. The fourth-order valence-electron chi connectivity index (χ4n) is 1.24. The molecule has 0 aromatic heterocycles. The van der Waals surface area contributed by atoms with Gasteiger partial charge in [-0.2, -0.15) is 4.84 Å². The van der Waals surface area contributed by atoms with E-state index in [-0.39, 0.29) is 24.8 Å². The zero-order valence-electron chi connectivity index (χ0n) is 28.6. The first-order valence-electron chi connectivity index (χ1n) is 12.2. The topological polar surface area (TPSA) is 438 Å². The zero-order chi connectivity index (χ0) is 40.0. The fraction of sp³-hybridized carbons (Fsp3) is 0.652. The maximum Gasteiger partial charge on any atom is 0.410 e. The number of carbonyl (C=O) groups is 8. The summed E-state index contributed by atoms with van der Waals surface area (Å²) in [6, 6.07) is 0. The van der Waals surface area contributed by atoms with E-state index in [1.54, 1.807) is 46.4 Å². The van der Waals surface area contributed by atoms with Crippen molar-refractivity contribution in [2.75, 3.05) is 21.3 Å². The summed E-state index contributed by atoms with van der Waals surface area (Å²) in [4.78, 5) is 82.0. The first-order valence-corrected chi connectivity index (χ1v) is 12.6. The Morgan fingerprint density at radius 3 is 1.10 bits per heavy atom. The number of halogens is 2. The van der Waals surface area contributed by atoms with Gasteiger partial charge in [0.05, 0.1) is 14.2 Å². The van der Waals surface area contributed by atoms with Crippen LogP contribution in [0.15, 0.2) is 0 Å². The number of hydrogen-bond acceptors (Lipinski definition) is 20. The molecule has 0 aliphatic carbocycles. The largest absolute Gasteiger partial charge is 0.476 e. The van der Waals surface area contributed by atoms with Gasteiger partial charge in [-0.1, -0.05) is 0 Å². The van der Waals surface area contributed by atoms with Gasteiger partial charge in [0, 0.05) is 7.11 Å². The SMILES string of the molecule is CC(C)(C)OC(=O)NC(O)C(N)=O.CO.COC(=O)C(O)NC(=O)OC(C)(C)C.COC(=O)C(O)O.Cl.N.NC(=O)C(O)NCl.O=CC(=O)O. The van der Waals surface area contributed by atoms with Gasteiger partial charge in [0.25, 0.3) is 18.1 Å². The van der Waals surface area contributed by atoms with Crippen molar-refractivity contribution in [1.29, 1.82) is 0 Å². The van der Waals surface area contributed by atoms with Crippen LogP contribution in [0, 0.1) is 0 Å². The molecule has 50 heavy (non-hydrogen) atoms. The number of carboxylic acids is 1. The molecule has 0 aromatic carbocycles. The highest BCUT2D eigenvalue weighted by atomic mass is 35.5. The molecule has 0 saturated carbocycles. The van der Waals surface area contributed by atoms with Crippen LogP contribution in [0.3, 0.4) is 0 Å². The number of nitrogens with one attached hydrogen (secondary N) is 3. The number of primary amides is 2. The molecule has 0 aromatic rings. The molecule has 17 N–H and O–H groups in total. The number of aliphatic hydroxyl groups excluding tert-OH is 5. The van der Waals surface area contributed by atoms with Gasteiger partial charge in [0.15, 0.2) is 6.23 Å². The number of amides is 4. The molecule has 3 atom stereocenters. The molecule has 300 valence electrons. The van der Waals surface area contributed by atoms with Crippen molar-refractivity contribution in [2.45, 2.75) is 77.7 Å². The van der Waals surface area contributed by atoms with Crippen molar-refractivity contribution >= 4 is 72.4 Å². The first kappa shape index (κ1) is 64.4. The molecule has 25 nitrogen and oxygen atoms in total. The quantitative estimate of drug-likeness (QED) is 0.0277. The molecule has 0 radical (unpaired) electrons. The Labute approximate surface area is 297 Å². The summed E-state index contributed by atoms with van der Waals surface area (Å²) in [5, 5.41) is 59.9. The van der Waals surface area contributed by atoms with Crippen LogP contribution in [0.5, 0.6) is 0 Å². The van der Waals surface area contributed by atoms with Crippen molar-refractivity contribution < 1.29 is 93.0 Å². The van der Waals surface area contributed by atoms with Crippen LogP contribution >= 0.6 is 24.2 Å².